The molecule has 0 aliphatic carbocycles. The maximum absolute atomic E-state index is 13.9. The highest BCUT2D eigenvalue weighted by atomic mass is 19.1. The van der Waals surface area contributed by atoms with Crippen molar-refractivity contribution in [3.05, 3.63) is 48.0 Å². The van der Waals surface area contributed by atoms with Gasteiger partial charge in [0.25, 0.3) is 0 Å². The summed E-state index contributed by atoms with van der Waals surface area (Å²) >= 11 is 0. The van der Waals surface area contributed by atoms with Gasteiger partial charge in [-0.3, -0.25) is 0 Å². The van der Waals surface area contributed by atoms with E-state index in [1.807, 2.05) is 12.1 Å². The highest BCUT2D eigenvalue weighted by Gasteiger charge is 2.41. The fraction of sp³-hybridized carbons (Fsp3) is 0.0769. The van der Waals surface area contributed by atoms with Gasteiger partial charge in [0.15, 0.2) is 0 Å². The molecule has 0 aliphatic heterocycles. The monoisotopic (exact) mass is 229 g/mol. The smallest absolute Gasteiger partial charge is 0.361 e. The number of fused-ring (bicyclic) bond motifs is 1. The third-order valence-corrected chi connectivity index (χ3v) is 2.60. The summed E-state index contributed by atoms with van der Waals surface area (Å²) < 4.78 is 13.9. The van der Waals surface area contributed by atoms with Gasteiger partial charge in [0.2, 0.25) is 0 Å². The molecule has 2 aromatic rings. The van der Waals surface area contributed by atoms with E-state index in [0.717, 1.165) is 5.39 Å². The van der Waals surface area contributed by atoms with Crippen LogP contribution >= 0.6 is 0 Å². The fourth-order valence-corrected chi connectivity index (χ4v) is 1.64. The van der Waals surface area contributed by atoms with E-state index in [9.17, 15) is 9.18 Å². The van der Waals surface area contributed by atoms with E-state index in [1.165, 1.54) is 18.2 Å². The number of nitrogens with zero attached hydrogens (tertiary/aromatic N) is 1. The number of carboxylic acids is 1. The molecule has 17 heavy (non-hydrogen) atoms. The second-order valence-electron chi connectivity index (χ2n) is 3.64. The Morgan fingerprint density at radius 3 is 2.47 bits per heavy atom. The molecule has 0 radical (unpaired) electrons. The van der Waals surface area contributed by atoms with E-state index < -0.39 is 11.6 Å². The van der Waals surface area contributed by atoms with Crippen LogP contribution < -0.4 is 0 Å². The van der Waals surface area contributed by atoms with Crippen molar-refractivity contribution < 1.29 is 14.3 Å². The average molecular weight is 229 g/mol. The lowest BCUT2D eigenvalue weighted by Gasteiger charge is -2.13. The maximum atomic E-state index is 13.9. The van der Waals surface area contributed by atoms with Gasteiger partial charge >= 0.3 is 11.6 Å². The summed E-state index contributed by atoms with van der Waals surface area (Å²) in [6, 6.07) is 12.6. The molecule has 0 fully saturated rings. The molecule has 1 unspecified atom stereocenters. The van der Waals surface area contributed by atoms with Crippen molar-refractivity contribution in [2.45, 2.75) is 5.67 Å². The van der Waals surface area contributed by atoms with Crippen LogP contribution in [0, 0.1) is 11.3 Å². The van der Waals surface area contributed by atoms with E-state index >= 15 is 0 Å². The zero-order chi connectivity index (χ0) is 12.5. The summed E-state index contributed by atoms with van der Waals surface area (Å²) in [6.07, 6.45) is 0. The van der Waals surface area contributed by atoms with Gasteiger partial charge in [-0.1, -0.05) is 36.4 Å². The molecule has 0 spiro atoms. The van der Waals surface area contributed by atoms with E-state index in [4.69, 9.17) is 10.4 Å². The first kappa shape index (κ1) is 11.1. The molecule has 0 aliphatic rings. The first-order chi connectivity index (χ1) is 8.08. The Hall–Kier alpha value is -2.41. The second-order valence-corrected chi connectivity index (χ2v) is 3.64. The van der Waals surface area contributed by atoms with Crippen LogP contribution in [0.5, 0.6) is 0 Å². The standard InChI is InChI=1S/C13H8FNO2/c14-13(8-15,12(16)17)11-6-5-9-3-1-2-4-10(9)7-11/h1-7H,(H,16,17). The predicted molar refractivity (Wildman–Crippen MR) is 60.0 cm³/mol. The fourth-order valence-electron chi connectivity index (χ4n) is 1.64. The van der Waals surface area contributed by atoms with Crippen molar-refractivity contribution in [3.8, 4) is 6.07 Å². The Balaban J connectivity index is 2.65. The summed E-state index contributed by atoms with van der Waals surface area (Å²) in [7, 11) is 0. The molecule has 84 valence electrons. The normalized spacial score (nSPS) is 13.9. The molecule has 0 amide bonds. The van der Waals surface area contributed by atoms with Crippen LogP contribution in [0.2, 0.25) is 0 Å². The number of carboxylic acid groups (broad SMARTS) is 1. The first-order valence-electron chi connectivity index (χ1n) is 4.91. The Bertz CT molecular complexity index is 633. The Kier molecular flexibility index (Phi) is 2.52. The Labute approximate surface area is 96.7 Å². The van der Waals surface area contributed by atoms with Crippen LogP contribution in [0.4, 0.5) is 4.39 Å². The minimum absolute atomic E-state index is 0.161. The number of rotatable bonds is 2. The molecular weight excluding hydrogens is 221 g/mol. The molecule has 2 aromatic carbocycles. The molecule has 0 saturated heterocycles. The molecule has 0 bridgehead atoms. The largest absolute Gasteiger partial charge is 0.478 e. The molecule has 3 nitrogen and oxygen atoms in total. The van der Waals surface area contributed by atoms with Crippen molar-refractivity contribution in [2.24, 2.45) is 0 Å². The zero-order valence-corrected chi connectivity index (χ0v) is 8.72. The first-order valence-corrected chi connectivity index (χ1v) is 4.91. The van der Waals surface area contributed by atoms with Crippen LogP contribution in [-0.4, -0.2) is 11.1 Å². The number of hydrogen-bond acceptors (Lipinski definition) is 2. The summed E-state index contributed by atoms with van der Waals surface area (Å²) in [5, 5.41) is 19.0. The van der Waals surface area contributed by atoms with Gasteiger partial charge < -0.3 is 5.11 Å². The Morgan fingerprint density at radius 2 is 1.88 bits per heavy atom. The summed E-state index contributed by atoms with van der Waals surface area (Å²) in [4.78, 5) is 10.8. The number of hydrogen-bond donors (Lipinski definition) is 1. The molecular formula is C13H8FNO2. The molecule has 0 saturated carbocycles. The molecule has 4 heteroatoms. The number of benzene rings is 2. The van der Waals surface area contributed by atoms with Gasteiger partial charge in [-0.2, -0.15) is 5.26 Å². The number of aliphatic carboxylic acids is 1. The van der Waals surface area contributed by atoms with Crippen LogP contribution in [0.3, 0.4) is 0 Å². The van der Waals surface area contributed by atoms with E-state index in [-0.39, 0.29) is 5.56 Å². The van der Waals surface area contributed by atoms with Crippen molar-refractivity contribution in [2.75, 3.05) is 0 Å². The van der Waals surface area contributed by atoms with Crippen molar-refractivity contribution in [3.63, 3.8) is 0 Å². The summed E-state index contributed by atoms with van der Waals surface area (Å²) in [5.74, 6) is -1.80. The quantitative estimate of drug-likeness (QED) is 0.860. The lowest BCUT2D eigenvalue weighted by atomic mass is 9.95. The van der Waals surface area contributed by atoms with Gasteiger partial charge in [-0.05, 0) is 16.8 Å². The summed E-state index contributed by atoms with van der Waals surface area (Å²) in [6.45, 7) is 0. The topological polar surface area (TPSA) is 61.1 Å². The minimum atomic E-state index is -3.00. The molecule has 0 heterocycles. The number of alkyl halides is 1. The lowest BCUT2D eigenvalue weighted by molar-refractivity contribution is -0.147. The zero-order valence-electron chi connectivity index (χ0n) is 8.72. The predicted octanol–water partition coefficient (Wildman–Crippen LogP) is 2.61. The van der Waals surface area contributed by atoms with Crippen molar-refractivity contribution in [1.82, 2.24) is 0 Å². The lowest BCUT2D eigenvalue weighted by Crippen LogP contribution is -2.28. The average Bonchev–Trinajstić information content (AvgIpc) is 2.37. The van der Waals surface area contributed by atoms with Gasteiger partial charge in [0, 0.05) is 5.56 Å². The maximum Gasteiger partial charge on any atom is 0.361 e. The van der Waals surface area contributed by atoms with Gasteiger partial charge in [0.1, 0.15) is 6.07 Å². The number of nitriles is 1. The summed E-state index contributed by atoms with van der Waals surface area (Å²) in [5.41, 5.74) is -3.16. The molecule has 1 N–H and O–H groups in total. The second kappa shape index (κ2) is 3.87. The van der Waals surface area contributed by atoms with Crippen LogP contribution in [0.15, 0.2) is 42.5 Å². The van der Waals surface area contributed by atoms with E-state index in [2.05, 4.69) is 0 Å². The minimum Gasteiger partial charge on any atom is -0.478 e. The molecule has 2 rings (SSSR count). The number of halogens is 1. The van der Waals surface area contributed by atoms with E-state index in [0.29, 0.717) is 5.39 Å². The highest BCUT2D eigenvalue weighted by Crippen LogP contribution is 2.28. The van der Waals surface area contributed by atoms with E-state index in [1.54, 1.807) is 18.2 Å². The van der Waals surface area contributed by atoms with Gasteiger partial charge in [-0.25, -0.2) is 9.18 Å². The van der Waals surface area contributed by atoms with Crippen LogP contribution in [0.1, 0.15) is 5.56 Å². The van der Waals surface area contributed by atoms with Crippen LogP contribution in [-0.2, 0) is 10.5 Å². The molecule has 0 aromatic heterocycles. The Morgan fingerprint density at radius 1 is 1.24 bits per heavy atom. The van der Waals surface area contributed by atoms with Gasteiger partial charge in [-0.15, -0.1) is 0 Å². The SMILES string of the molecule is N#CC(F)(C(=O)O)c1ccc2ccccc2c1. The third-order valence-electron chi connectivity index (χ3n) is 2.60. The highest BCUT2D eigenvalue weighted by molar-refractivity contribution is 5.88. The third kappa shape index (κ3) is 1.72. The number of carbonyl (C=O) groups is 1. The molecule has 1 atom stereocenters. The van der Waals surface area contributed by atoms with Crippen LogP contribution in [0.25, 0.3) is 10.8 Å². The van der Waals surface area contributed by atoms with Crippen molar-refractivity contribution >= 4 is 16.7 Å². The van der Waals surface area contributed by atoms with Gasteiger partial charge in [0.05, 0.1) is 0 Å². The van der Waals surface area contributed by atoms with Crippen molar-refractivity contribution in [1.29, 1.82) is 5.26 Å².